The van der Waals surface area contributed by atoms with E-state index in [1.54, 1.807) is 18.2 Å². The number of carbonyl (C=O) groups excluding carboxylic acids is 1. The molecule has 0 saturated carbocycles. The summed E-state index contributed by atoms with van der Waals surface area (Å²) in [6.07, 6.45) is 0. The fourth-order valence-electron chi connectivity index (χ4n) is 1.37. The lowest BCUT2D eigenvalue weighted by Crippen LogP contribution is -2.28. The van der Waals surface area contributed by atoms with Gasteiger partial charge in [0.1, 0.15) is 0 Å². The Kier molecular flexibility index (Phi) is 4.52. The van der Waals surface area contributed by atoms with Crippen LogP contribution in [-0.2, 0) is 11.3 Å². The van der Waals surface area contributed by atoms with Gasteiger partial charge in [0.15, 0.2) is 0 Å². The number of nitrogens with zero attached hydrogens (tertiary/aromatic N) is 2. The third-order valence-corrected chi connectivity index (χ3v) is 3.44. The summed E-state index contributed by atoms with van der Waals surface area (Å²) in [5.74, 6) is 0.386. The van der Waals surface area contributed by atoms with Gasteiger partial charge in [0.25, 0.3) is 0 Å². The molecule has 0 bridgehead atoms. The molecule has 100 valence electrons. The van der Waals surface area contributed by atoms with Gasteiger partial charge in [-0.15, -0.1) is 0 Å². The topological polar surface area (TPSA) is 94.0 Å². The van der Waals surface area contributed by atoms with Crippen LogP contribution in [0.1, 0.15) is 5.89 Å². The first kappa shape index (κ1) is 14.0. The first-order chi connectivity index (χ1) is 9.06. The second kappa shape index (κ2) is 6.14. The van der Waals surface area contributed by atoms with Crippen molar-refractivity contribution in [2.45, 2.75) is 6.54 Å². The van der Waals surface area contributed by atoms with E-state index in [-0.39, 0.29) is 13.1 Å². The highest BCUT2D eigenvalue weighted by Crippen LogP contribution is 2.27. The van der Waals surface area contributed by atoms with Gasteiger partial charge >= 0.3 is 0 Å². The summed E-state index contributed by atoms with van der Waals surface area (Å²) in [4.78, 5) is 14.8. The quantitative estimate of drug-likeness (QED) is 0.860. The molecule has 1 amide bonds. The number of hydrogen-bond acceptors (Lipinski definition) is 5. The maximum Gasteiger partial charge on any atom is 0.240 e. The Hall–Kier alpha value is -1.44. The number of carbonyl (C=O) groups is 1. The number of halogens is 2. The maximum atomic E-state index is 10.6. The van der Waals surface area contributed by atoms with Crippen molar-refractivity contribution in [2.24, 2.45) is 5.73 Å². The summed E-state index contributed by atoms with van der Waals surface area (Å²) in [5.41, 5.74) is 5.78. The zero-order chi connectivity index (χ0) is 13.8. The SMILES string of the molecule is NC(=O)CNCc1nc(-c2ccc(Cl)c(Br)c2)no1. The molecule has 1 heterocycles. The largest absolute Gasteiger partial charge is 0.369 e. The van der Waals surface area contributed by atoms with Gasteiger partial charge in [-0.3, -0.25) is 10.1 Å². The van der Waals surface area contributed by atoms with Crippen LogP contribution in [0.25, 0.3) is 11.4 Å². The second-order valence-corrected chi connectivity index (χ2v) is 4.97. The van der Waals surface area contributed by atoms with Crippen LogP contribution in [-0.4, -0.2) is 22.6 Å². The van der Waals surface area contributed by atoms with Crippen LogP contribution >= 0.6 is 27.5 Å². The molecule has 6 nitrogen and oxygen atoms in total. The van der Waals surface area contributed by atoms with Crippen LogP contribution in [0.5, 0.6) is 0 Å². The molecule has 0 saturated heterocycles. The molecule has 0 atom stereocenters. The smallest absolute Gasteiger partial charge is 0.240 e. The van der Waals surface area contributed by atoms with Crippen molar-refractivity contribution in [3.05, 3.63) is 33.6 Å². The van der Waals surface area contributed by atoms with Gasteiger partial charge in [0.05, 0.1) is 18.1 Å². The number of nitrogens with two attached hydrogens (primary N) is 1. The van der Waals surface area contributed by atoms with Crippen molar-refractivity contribution in [3.63, 3.8) is 0 Å². The van der Waals surface area contributed by atoms with E-state index >= 15 is 0 Å². The highest BCUT2D eigenvalue weighted by atomic mass is 79.9. The Morgan fingerprint density at radius 1 is 1.53 bits per heavy atom. The third-order valence-electron chi connectivity index (χ3n) is 2.22. The van der Waals surface area contributed by atoms with Crippen molar-refractivity contribution < 1.29 is 9.32 Å². The zero-order valence-electron chi connectivity index (χ0n) is 9.69. The van der Waals surface area contributed by atoms with E-state index in [9.17, 15) is 4.79 Å². The van der Waals surface area contributed by atoms with E-state index in [2.05, 4.69) is 31.4 Å². The third kappa shape index (κ3) is 3.76. The van der Waals surface area contributed by atoms with Crippen molar-refractivity contribution in [3.8, 4) is 11.4 Å². The van der Waals surface area contributed by atoms with E-state index in [0.29, 0.717) is 16.7 Å². The van der Waals surface area contributed by atoms with E-state index in [1.807, 2.05) is 0 Å². The fourth-order valence-corrected chi connectivity index (χ4v) is 1.87. The summed E-state index contributed by atoms with van der Waals surface area (Å²) < 4.78 is 5.80. The van der Waals surface area contributed by atoms with Crippen molar-refractivity contribution >= 4 is 33.4 Å². The number of hydrogen-bond donors (Lipinski definition) is 2. The Morgan fingerprint density at radius 2 is 2.32 bits per heavy atom. The van der Waals surface area contributed by atoms with Gasteiger partial charge < -0.3 is 10.3 Å². The number of rotatable bonds is 5. The van der Waals surface area contributed by atoms with E-state index in [0.717, 1.165) is 10.0 Å². The van der Waals surface area contributed by atoms with Crippen LogP contribution in [0, 0.1) is 0 Å². The van der Waals surface area contributed by atoms with Gasteiger partial charge in [-0.2, -0.15) is 4.98 Å². The lowest BCUT2D eigenvalue weighted by atomic mass is 10.2. The number of nitrogens with one attached hydrogen (secondary N) is 1. The van der Waals surface area contributed by atoms with Crippen molar-refractivity contribution in [2.75, 3.05) is 6.54 Å². The summed E-state index contributed by atoms with van der Waals surface area (Å²) in [7, 11) is 0. The molecule has 0 radical (unpaired) electrons. The summed E-state index contributed by atoms with van der Waals surface area (Å²) in [6.45, 7) is 0.342. The molecule has 2 rings (SSSR count). The minimum absolute atomic E-state index is 0.0597. The van der Waals surface area contributed by atoms with Crippen molar-refractivity contribution in [1.29, 1.82) is 0 Å². The van der Waals surface area contributed by atoms with Gasteiger partial charge in [0, 0.05) is 10.0 Å². The van der Waals surface area contributed by atoms with Gasteiger partial charge in [-0.25, -0.2) is 0 Å². The molecule has 0 spiro atoms. The number of benzene rings is 1. The van der Waals surface area contributed by atoms with Crippen LogP contribution in [0.3, 0.4) is 0 Å². The van der Waals surface area contributed by atoms with Gasteiger partial charge in [-0.05, 0) is 34.1 Å². The molecule has 2 aromatic rings. The van der Waals surface area contributed by atoms with Crippen LogP contribution in [0.2, 0.25) is 5.02 Å². The van der Waals surface area contributed by atoms with E-state index < -0.39 is 5.91 Å². The zero-order valence-corrected chi connectivity index (χ0v) is 12.0. The predicted octanol–water partition coefficient (Wildman–Crippen LogP) is 1.73. The van der Waals surface area contributed by atoms with Crippen LogP contribution in [0.4, 0.5) is 0 Å². The highest BCUT2D eigenvalue weighted by Gasteiger charge is 2.10. The molecule has 0 aliphatic heterocycles. The minimum Gasteiger partial charge on any atom is -0.369 e. The molecule has 3 N–H and O–H groups in total. The van der Waals surface area contributed by atoms with Crippen molar-refractivity contribution in [1.82, 2.24) is 15.5 Å². The lowest BCUT2D eigenvalue weighted by molar-refractivity contribution is -0.117. The summed E-state index contributed by atoms with van der Waals surface area (Å²) in [6, 6.07) is 5.33. The average molecular weight is 346 g/mol. The number of primary amides is 1. The molecule has 0 aliphatic rings. The highest BCUT2D eigenvalue weighted by molar-refractivity contribution is 9.10. The molecule has 1 aromatic carbocycles. The normalized spacial score (nSPS) is 10.6. The first-order valence-corrected chi connectivity index (χ1v) is 6.50. The molecular formula is C11H10BrClN4O2. The van der Waals surface area contributed by atoms with Crippen LogP contribution in [0.15, 0.2) is 27.2 Å². The minimum atomic E-state index is -0.443. The Bertz CT molecular complexity index is 602. The van der Waals surface area contributed by atoms with Gasteiger partial charge in [0.2, 0.25) is 17.6 Å². The average Bonchev–Trinajstić information content (AvgIpc) is 2.81. The summed E-state index contributed by atoms with van der Waals surface area (Å²) in [5, 5.41) is 7.24. The van der Waals surface area contributed by atoms with E-state index in [1.165, 1.54) is 0 Å². The maximum absolute atomic E-state index is 10.6. The van der Waals surface area contributed by atoms with E-state index in [4.69, 9.17) is 21.9 Å². The molecule has 0 unspecified atom stereocenters. The molecule has 0 fully saturated rings. The first-order valence-electron chi connectivity index (χ1n) is 5.33. The van der Waals surface area contributed by atoms with Gasteiger partial charge in [-0.1, -0.05) is 16.8 Å². The molecule has 8 heteroatoms. The Balaban J connectivity index is 2.07. The molecule has 19 heavy (non-hydrogen) atoms. The standard InChI is InChI=1S/C11H10BrClN4O2/c12-7-3-6(1-2-8(7)13)11-16-10(19-17-11)5-15-4-9(14)18/h1-3,15H,4-5H2,(H2,14,18). The molecule has 1 aromatic heterocycles. The Labute approximate surface area is 122 Å². The lowest BCUT2D eigenvalue weighted by Gasteiger charge is -1.98. The molecule has 0 aliphatic carbocycles. The predicted molar refractivity (Wildman–Crippen MR) is 73.3 cm³/mol. The molecular weight excluding hydrogens is 336 g/mol. The summed E-state index contributed by atoms with van der Waals surface area (Å²) >= 11 is 9.23. The Morgan fingerprint density at radius 3 is 3.00 bits per heavy atom. The monoisotopic (exact) mass is 344 g/mol. The fraction of sp³-hybridized carbons (Fsp3) is 0.182. The second-order valence-electron chi connectivity index (χ2n) is 3.71. The van der Waals surface area contributed by atoms with Crippen LogP contribution < -0.4 is 11.1 Å². The number of amides is 1. The number of aromatic nitrogens is 2.